The number of amides is 1. The Morgan fingerprint density at radius 1 is 1.34 bits per heavy atom. The Bertz CT molecular complexity index is 850. The van der Waals surface area contributed by atoms with Crippen LogP contribution in [0.3, 0.4) is 0 Å². The minimum atomic E-state index is -0.963. The fraction of sp³-hybridized carbons (Fsp3) is 0.524. The average molecular weight is 419 g/mol. The van der Waals surface area contributed by atoms with E-state index in [2.05, 4.69) is 10.3 Å². The van der Waals surface area contributed by atoms with Gasteiger partial charge in [0.25, 0.3) is 0 Å². The topological polar surface area (TPSA) is 120 Å². The van der Waals surface area contributed by atoms with E-state index < -0.39 is 10.8 Å². The number of nitrogens with zero attached hydrogens (tertiary/aromatic N) is 1. The van der Waals surface area contributed by atoms with Crippen molar-refractivity contribution < 1.29 is 13.7 Å². The zero-order valence-corrected chi connectivity index (χ0v) is 17.8. The first kappa shape index (κ1) is 21.4. The third-order valence-corrected chi connectivity index (χ3v) is 6.74. The van der Waals surface area contributed by atoms with Gasteiger partial charge in [-0.2, -0.15) is 0 Å². The molecule has 1 aromatic carbocycles. The molecule has 1 aromatic rings. The molecule has 0 bridgehead atoms. The van der Waals surface area contributed by atoms with Crippen molar-refractivity contribution in [2.24, 2.45) is 22.4 Å². The first-order valence-electron chi connectivity index (χ1n) is 10.1. The van der Waals surface area contributed by atoms with Gasteiger partial charge in [-0.1, -0.05) is 6.07 Å². The SMILES string of the molecule is CC(C)NC(=O)OC1CCC(/C(N)=C/C(N)=Nc2cccc3c2CCCS3=O)C1. The Hall–Kier alpha value is -2.35. The number of nitrogens with one attached hydrogen (secondary N) is 1. The van der Waals surface area contributed by atoms with E-state index in [4.69, 9.17) is 16.2 Å². The molecule has 158 valence electrons. The number of carbonyl (C=O) groups excluding carboxylic acids is 1. The number of aliphatic imine (C=N–C) groups is 1. The quantitative estimate of drug-likeness (QED) is 0.502. The van der Waals surface area contributed by atoms with Crippen molar-refractivity contribution in [2.75, 3.05) is 5.75 Å². The molecule has 0 radical (unpaired) electrons. The van der Waals surface area contributed by atoms with E-state index in [1.165, 1.54) is 0 Å². The lowest BCUT2D eigenvalue weighted by Gasteiger charge is -2.17. The van der Waals surface area contributed by atoms with Crippen LogP contribution in [0.2, 0.25) is 0 Å². The van der Waals surface area contributed by atoms with E-state index in [9.17, 15) is 9.00 Å². The van der Waals surface area contributed by atoms with Crippen LogP contribution in [-0.2, 0) is 22.0 Å². The number of alkyl carbamates (subject to hydrolysis) is 1. The molecule has 1 amide bonds. The zero-order valence-electron chi connectivity index (χ0n) is 17.0. The standard InChI is InChI=1S/C21H30N4O3S/c1-13(2)24-21(26)28-15-9-8-14(11-15)17(22)12-20(23)25-18-6-3-7-19-16(18)5-4-10-29(19)27/h3,6-7,12-15H,4-5,8-11,22H2,1-2H3,(H2,23,25)(H,24,26)/b17-12-. The molecule has 0 saturated heterocycles. The normalized spacial score (nSPS) is 25.0. The number of allylic oxidation sites excluding steroid dienone is 1. The van der Waals surface area contributed by atoms with Gasteiger partial charge in [0.1, 0.15) is 11.9 Å². The van der Waals surface area contributed by atoms with Gasteiger partial charge in [-0.3, -0.25) is 4.21 Å². The van der Waals surface area contributed by atoms with E-state index >= 15 is 0 Å². The molecule has 2 aliphatic rings. The molecule has 1 aliphatic carbocycles. The zero-order chi connectivity index (χ0) is 21.0. The lowest BCUT2D eigenvalue weighted by molar-refractivity contribution is 0.0975. The van der Waals surface area contributed by atoms with Gasteiger partial charge in [-0.15, -0.1) is 0 Å². The van der Waals surface area contributed by atoms with Crippen molar-refractivity contribution in [3.05, 3.63) is 35.5 Å². The fourth-order valence-electron chi connectivity index (χ4n) is 3.84. The summed E-state index contributed by atoms with van der Waals surface area (Å²) in [5.41, 5.74) is 14.8. The third-order valence-electron chi connectivity index (χ3n) is 5.21. The van der Waals surface area contributed by atoms with Crippen molar-refractivity contribution >= 4 is 28.4 Å². The number of hydrogen-bond acceptors (Lipinski definition) is 5. The van der Waals surface area contributed by atoms with Gasteiger partial charge in [-0.25, -0.2) is 9.79 Å². The van der Waals surface area contributed by atoms with Crippen LogP contribution >= 0.6 is 0 Å². The summed E-state index contributed by atoms with van der Waals surface area (Å²) in [4.78, 5) is 17.2. The molecule has 3 unspecified atom stereocenters. The number of nitrogens with two attached hydrogens (primary N) is 2. The van der Waals surface area contributed by atoms with E-state index in [1.54, 1.807) is 6.08 Å². The molecule has 1 aliphatic heterocycles. The van der Waals surface area contributed by atoms with Crippen molar-refractivity contribution in [1.82, 2.24) is 5.32 Å². The van der Waals surface area contributed by atoms with Crippen molar-refractivity contribution in [1.29, 1.82) is 0 Å². The predicted octanol–water partition coefficient (Wildman–Crippen LogP) is 2.88. The van der Waals surface area contributed by atoms with Gasteiger partial charge in [0.2, 0.25) is 0 Å². The van der Waals surface area contributed by atoms with E-state index in [1.807, 2.05) is 32.0 Å². The maximum absolute atomic E-state index is 12.2. The molecule has 1 fully saturated rings. The summed E-state index contributed by atoms with van der Waals surface area (Å²) in [7, 11) is -0.963. The summed E-state index contributed by atoms with van der Waals surface area (Å²) in [5, 5.41) is 2.73. The van der Waals surface area contributed by atoms with Gasteiger partial charge in [0, 0.05) is 28.3 Å². The highest BCUT2D eigenvalue weighted by atomic mass is 32.2. The molecule has 1 saturated carbocycles. The van der Waals surface area contributed by atoms with Gasteiger partial charge in [0.15, 0.2) is 0 Å². The largest absolute Gasteiger partial charge is 0.446 e. The molecular formula is C21H30N4O3S. The minimum absolute atomic E-state index is 0.0434. The second-order valence-electron chi connectivity index (χ2n) is 7.92. The highest BCUT2D eigenvalue weighted by molar-refractivity contribution is 7.85. The number of benzene rings is 1. The van der Waals surface area contributed by atoms with Crippen molar-refractivity contribution in [3.8, 4) is 0 Å². The first-order chi connectivity index (χ1) is 13.8. The summed E-state index contributed by atoms with van der Waals surface area (Å²) in [6.45, 7) is 3.78. The Morgan fingerprint density at radius 3 is 2.90 bits per heavy atom. The maximum Gasteiger partial charge on any atom is 0.407 e. The van der Waals surface area contributed by atoms with Crippen molar-refractivity contribution in [3.63, 3.8) is 0 Å². The summed E-state index contributed by atoms with van der Waals surface area (Å²) in [6.07, 6.45) is 5.21. The van der Waals surface area contributed by atoms with Crippen LogP contribution in [0, 0.1) is 5.92 Å². The van der Waals surface area contributed by atoms with Crippen LogP contribution in [0.1, 0.15) is 45.1 Å². The monoisotopic (exact) mass is 418 g/mol. The third kappa shape index (κ3) is 5.59. The number of carbonyl (C=O) groups is 1. The molecule has 0 aromatic heterocycles. The minimum Gasteiger partial charge on any atom is -0.446 e. The predicted molar refractivity (Wildman–Crippen MR) is 115 cm³/mol. The second kappa shape index (κ2) is 9.43. The Labute approximate surface area is 174 Å². The number of rotatable bonds is 5. The van der Waals surface area contributed by atoms with Gasteiger partial charge < -0.3 is 21.5 Å². The van der Waals surface area contributed by atoms with Crippen LogP contribution in [0.15, 0.2) is 39.9 Å². The molecule has 0 spiro atoms. The second-order valence-corrected chi connectivity index (χ2v) is 9.46. The molecule has 1 heterocycles. The van der Waals surface area contributed by atoms with Crippen LogP contribution < -0.4 is 16.8 Å². The summed E-state index contributed by atoms with van der Waals surface area (Å²) < 4.78 is 17.7. The number of ether oxygens (including phenoxy) is 1. The molecule has 29 heavy (non-hydrogen) atoms. The van der Waals surface area contributed by atoms with Crippen LogP contribution in [0.4, 0.5) is 10.5 Å². The van der Waals surface area contributed by atoms with Crippen LogP contribution in [0.5, 0.6) is 0 Å². The number of fused-ring (bicyclic) bond motifs is 1. The fourth-order valence-corrected chi connectivity index (χ4v) is 5.18. The van der Waals surface area contributed by atoms with Gasteiger partial charge in [-0.05, 0) is 69.7 Å². The summed E-state index contributed by atoms with van der Waals surface area (Å²) in [6, 6.07) is 5.70. The maximum atomic E-state index is 12.2. The van der Waals surface area contributed by atoms with E-state index in [0.717, 1.165) is 41.8 Å². The molecule has 3 atom stereocenters. The van der Waals surface area contributed by atoms with Crippen molar-refractivity contribution in [2.45, 2.75) is 63.0 Å². The first-order valence-corrected chi connectivity index (χ1v) is 11.4. The summed E-state index contributed by atoms with van der Waals surface area (Å²) in [5.74, 6) is 1.13. The Morgan fingerprint density at radius 2 is 2.14 bits per heavy atom. The number of amidine groups is 1. The Balaban J connectivity index is 1.65. The van der Waals surface area contributed by atoms with Gasteiger partial charge in [0.05, 0.1) is 16.5 Å². The molecular weight excluding hydrogens is 388 g/mol. The number of hydrogen-bond donors (Lipinski definition) is 3. The highest BCUT2D eigenvalue weighted by Gasteiger charge is 2.29. The molecule has 3 rings (SSSR count). The molecule has 8 heteroatoms. The lowest BCUT2D eigenvalue weighted by atomic mass is 10.0. The van der Waals surface area contributed by atoms with E-state index in [-0.39, 0.29) is 24.2 Å². The Kier molecular flexibility index (Phi) is 6.95. The van der Waals surface area contributed by atoms with Gasteiger partial charge >= 0.3 is 6.09 Å². The van der Waals surface area contributed by atoms with E-state index in [0.29, 0.717) is 23.7 Å². The van der Waals surface area contributed by atoms with Crippen LogP contribution in [0.25, 0.3) is 0 Å². The smallest absolute Gasteiger partial charge is 0.407 e. The lowest BCUT2D eigenvalue weighted by Crippen LogP contribution is -2.33. The average Bonchev–Trinajstić information content (AvgIpc) is 3.10. The molecule has 5 N–H and O–H groups in total. The highest BCUT2D eigenvalue weighted by Crippen LogP contribution is 2.32. The summed E-state index contributed by atoms with van der Waals surface area (Å²) >= 11 is 0. The van der Waals surface area contributed by atoms with Crippen LogP contribution in [-0.4, -0.2) is 34.0 Å². The molecule has 7 nitrogen and oxygen atoms in total.